The van der Waals surface area contributed by atoms with Gasteiger partial charge in [0.15, 0.2) is 5.96 Å². The minimum absolute atomic E-state index is 0.0115. The molecule has 0 bridgehead atoms. The summed E-state index contributed by atoms with van der Waals surface area (Å²) in [7, 11) is 0. The molecule has 141 heavy (non-hydrogen) atoms. The Morgan fingerprint density at radius 1 is 0.319 bits per heavy atom. The molecule has 0 aromatic heterocycles. The number of hydrazine groups is 1. The monoisotopic (exact) mass is 2000 g/mol. The van der Waals surface area contributed by atoms with Gasteiger partial charge in [0.25, 0.3) is 0 Å². The lowest BCUT2D eigenvalue weighted by Crippen LogP contribution is -2.63. The number of aliphatic hydroxyl groups is 5. The highest BCUT2D eigenvalue weighted by Crippen LogP contribution is 2.19. The Bertz CT molecular complexity index is 4510. The van der Waals surface area contributed by atoms with Crippen LogP contribution in [0.1, 0.15) is 163 Å². The van der Waals surface area contributed by atoms with Gasteiger partial charge in [-0.05, 0) is 150 Å². The molecule has 0 saturated heterocycles. The highest BCUT2D eigenvalue weighted by molar-refractivity contribution is 6.03. The third-order valence-electron chi connectivity index (χ3n) is 21.3. The van der Waals surface area contributed by atoms with Gasteiger partial charge in [0.05, 0.1) is 57.8 Å². The summed E-state index contributed by atoms with van der Waals surface area (Å²) in [5, 5.41) is 148. The maximum absolute atomic E-state index is 14.7. The third-order valence-corrected chi connectivity index (χ3v) is 21.3. The molecule has 0 heterocycles. The summed E-state index contributed by atoms with van der Waals surface area (Å²) in [5.41, 5.74) is 25.6. The van der Waals surface area contributed by atoms with E-state index in [1.54, 1.807) is 41.5 Å². The number of unbranched alkanes of at least 4 members (excludes halogenated alkanes) is 2. The number of carboxylic acid groups (broad SMARTS) is 3. The highest BCUT2D eigenvalue weighted by Gasteiger charge is 2.42. The molecule has 0 aliphatic carbocycles. The molecule has 54 nitrogen and oxygen atoms in total. The fourth-order valence-corrected chi connectivity index (χ4v) is 13.8. The summed E-state index contributed by atoms with van der Waals surface area (Å²) in [6, 6.07) is -19.6. The topological polar surface area (TPSA) is 914 Å². The first kappa shape index (κ1) is 123. The Kier molecular flexibility index (Phi) is 55.9. The first-order valence-corrected chi connectivity index (χ1v) is 45.7. The van der Waals surface area contributed by atoms with Gasteiger partial charge in [0.2, 0.25) is 100 Å². The summed E-state index contributed by atoms with van der Waals surface area (Å²) in [6.07, 6.45) is -5.65. The molecule has 2 rings (SSSR count). The van der Waals surface area contributed by atoms with E-state index in [0.717, 1.165) is 6.92 Å². The third kappa shape index (κ3) is 46.3. The number of primary amides is 1. The summed E-state index contributed by atoms with van der Waals surface area (Å²) in [4.78, 5) is 275. The number of hydrogen-bond acceptors (Lipinski definition) is 32. The van der Waals surface area contributed by atoms with Crippen LogP contribution in [-0.4, -0.2) is 330 Å². The normalized spacial score (nSPS) is 15.1. The fourth-order valence-electron chi connectivity index (χ4n) is 13.8. The summed E-state index contributed by atoms with van der Waals surface area (Å²) < 4.78 is 0. The van der Waals surface area contributed by atoms with Crippen molar-refractivity contribution < 1.29 is 147 Å². The zero-order chi connectivity index (χ0) is 107. The molecule has 39 N–H and O–H groups in total. The molecule has 18 atom stereocenters. The lowest BCUT2D eigenvalue weighted by Gasteiger charge is -2.30. The first-order valence-electron chi connectivity index (χ1n) is 45.7. The number of nitrogens with one attached hydrogen (secondary N) is 19. The van der Waals surface area contributed by atoms with Gasteiger partial charge in [-0.15, -0.1) is 0 Å². The van der Waals surface area contributed by atoms with Gasteiger partial charge in [-0.1, -0.05) is 79.7 Å². The van der Waals surface area contributed by atoms with Gasteiger partial charge < -0.3 is 164 Å². The second-order valence-electron chi connectivity index (χ2n) is 35.1. The number of rotatable bonds is 68. The number of amides is 17. The number of aliphatic carboxylic acids is 3. The highest BCUT2D eigenvalue weighted by atomic mass is 16.4. The molecular weight excluding hydrogens is 1860 g/mol. The van der Waals surface area contributed by atoms with Gasteiger partial charge in [0, 0.05) is 19.4 Å². The van der Waals surface area contributed by atoms with Crippen molar-refractivity contribution in [3.8, 4) is 11.5 Å². The van der Waals surface area contributed by atoms with Gasteiger partial charge in [0.1, 0.15) is 108 Å². The lowest BCUT2D eigenvalue weighted by molar-refractivity contribution is -0.144. The Morgan fingerprint density at radius 2 is 0.582 bits per heavy atom. The number of phenols is 2. The number of hydrogen-bond donors (Lipinski definition) is 34. The Labute approximate surface area is 812 Å². The molecule has 17 amide bonds. The Balaban J connectivity index is 2.46. The molecule has 0 spiro atoms. The Morgan fingerprint density at radius 3 is 0.894 bits per heavy atom. The van der Waals surface area contributed by atoms with Gasteiger partial charge in [-0.3, -0.25) is 102 Å². The molecule has 0 radical (unpaired) electrons. The molecule has 0 aliphatic rings. The largest absolute Gasteiger partial charge is 0.508 e. The van der Waals surface area contributed by atoms with Crippen molar-refractivity contribution in [3.63, 3.8) is 0 Å². The van der Waals surface area contributed by atoms with Crippen LogP contribution in [0.25, 0.3) is 0 Å². The second kappa shape index (κ2) is 63.8. The first-order chi connectivity index (χ1) is 66.3. The van der Waals surface area contributed by atoms with Crippen LogP contribution in [0.2, 0.25) is 0 Å². The van der Waals surface area contributed by atoms with Crippen LogP contribution in [0.4, 0.5) is 0 Å². The molecule has 2 aromatic carbocycles. The van der Waals surface area contributed by atoms with Crippen LogP contribution in [0.5, 0.6) is 11.5 Å². The van der Waals surface area contributed by atoms with E-state index in [2.05, 4.69) is 74.5 Å². The maximum atomic E-state index is 14.7. The number of aliphatic hydroxyl groups excluding tert-OH is 5. The van der Waals surface area contributed by atoms with E-state index in [4.69, 9.17) is 34.2 Å². The van der Waals surface area contributed by atoms with Crippen molar-refractivity contribution in [2.24, 2.45) is 52.4 Å². The number of carbonyl (C=O) groups excluding carboxylic acids is 17. The molecule has 0 saturated carbocycles. The van der Waals surface area contributed by atoms with Crippen molar-refractivity contribution in [2.45, 2.75) is 274 Å². The molecule has 0 aliphatic heterocycles. The van der Waals surface area contributed by atoms with Crippen LogP contribution in [0.15, 0.2) is 48.5 Å². The molecular formula is C87H142N24O30. The molecule has 790 valence electrons. The van der Waals surface area contributed by atoms with Gasteiger partial charge >= 0.3 is 17.9 Å². The van der Waals surface area contributed by atoms with Crippen molar-refractivity contribution >= 4 is 124 Å². The van der Waals surface area contributed by atoms with E-state index in [9.17, 15) is 147 Å². The van der Waals surface area contributed by atoms with Gasteiger partial charge in [-0.25, -0.2) is 10.2 Å². The van der Waals surface area contributed by atoms with Crippen LogP contribution in [-0.2, 0) is 109 Å². The van der Waals surface area contributed by atoms with Crippen molar-refractivity contribution in [2.75, 3.05) is 46.1 Å². The number of carboxylic acids is 3. The standard InChI is InChI=1S/C87H142N24O30/c1-41(2)29-53(73(127)96-50(15-10-12-26-88)70(124)95-51(16-11-13-27-89)71(125)99-55(32-46-18-22-48(117)23-19-46)75(129)97-52(17-14-28-94-87(91)92)72(126)108-64(40-115)86(140)141)98-74(128)54(30-42(3)4)104-85(139)69(45(9)116)110-84(138)68(44(7)8)109-79(133)57(34-65(90)119)101-81(135)62(38-113)107-83(137)63(39-114)106-78(132)59(36-67(122)123)102-77(131)58(35-66(120)121)103-82(136)61(37-112)105-76(130)56(33-47-20-24-49(118)25-21-47)100-80(134)60(111-93)31-43(5)6/h18-25,41-45,50-64,68-69,111-118H,10-17,26-40,88-89,93H2,1-9H3,(H2,90,119)(H,95,124)(H,96,127)(H,97,129)(H,98,128)(H,99,125)(H,100,134)(H,101,135)(H,102,131)(H,103,136)(H,104,139)(H,105,130)(H,106,132)(H,107,137)(H,108,126)(H,109,133)(H,110,138)(H,120,121)(H,122,123)(H,140,141)(H4,91,92,94)/t45-,50?,51+,52+,53+,54?,55?,56+,57+,58+,59?,60?,61?,62?,63+,64?,68?,69+/m1/s1. The van der Waals surface area contributed by atoms with Crippen molar-refractivity contribution in [1.29, 1.82) is 5.41 Å². The minimum Gasteiger partial charge on any atom is -0.508 e. The second-order valence-corrected chi connectivity index (χ2v) is 35.1. The van der Waals surface area contributed by atoms with Crippen molar-refractivity contribution in [3.05, 3.63) is 59.7 Å². The fraction of sp³-hybridized carbons (Fsp3) is 0.621. The number of nitrogens with two attached hydrogens (primary N) is 5. The number of guanidine groups is 1. The molecule has 54 heteroatoms. The number of carbonyl (C=O) groups is 20. The quantitative estimate of drug-likeness (QED) is 0.00961. The maximum Gasteiger partial charge on any atom is 0.328 e. The van der Waals surface area contributed by atoms with E-state index in [1.165, 1.54) is 62.4 Å². The van der Waals surface area contributed by atoms with E-state index in [0.29, 0.717) is 24.0 Å². The zero-order valence-electron chi connectivity index (χ0n) is 80.1. The van der Waals surface area contributed by atoms with E-state index in [1.807, 2.05) is 21.3 Å². The molecule has 2 aromatic rings. The average Bonchev–Trinajstić information content (AvgIpc) is 0.840. The lowest BCUT2D eigenvalue weighted by atomic mass is 9.98. The summed E-state index contributed by atoms with van der Waals surface area (Å²) >= 11 is 0. The predicted octanol–water partition coefficient (Wildman–Crippen LogP) is -11.0. The summed E-state index contributed by atoms with van der Waals surface area (Å²) in [6.45, 7) is 9.29. The van der Waals surface area contributed by atoms with E-state index < -0.39 is 291 Å². The van der Waals surface area contributed by atoms with E-state index >= 15 is 0 Å². The van der Waals surface area contributed by atoms with Crippen LogP contribution < -0.4 is 125 Å². The van der Waals surface area contributed by atoms with Crippen LogP contribution >= 0.6 is 0 Å². The van der Waals surface area contributed by atoms with Crippen LogP contribution in [0, 0.1) is 29.1 Å². The molecule has 0 fully saturated rings. The SMILES string of the molecule is CC(C)CC(NN)C(=O)N[C@@H](Cc1ccc(O)cc1)C(=O)NC(CO)C(=O)N[C@@H](CC(=O)O)C(=O)NC(CC(=O)O)C(=O)N[C@@H](CO)C(=O)NC(CO)C(=O)N[C@@H](CC(N)=O)C(=O)NC(C(=O)N[C@H](C(=O)NC(CC(C)C)C(=O)N[C@@H](CC(C)C)C(=O)NC(CCCCN)C(=O)N[C@@H](CCCCN)C(=O)NC(Cc1ccc(O)cc1)C(=O)N[C@@H](CCCNC(=N)N)C(=O)NC(CO)C(=O)O)[C@@H](C)O)C(C)C. The predicted molar refractivity (Wildman–Crippen MR) is 500 cm³/mol. The minimum atomic E-state index is -2.32. The molecule has 9 unspecified atom stereocenters. The van der Waals surface area contributed by atoms with Gasteiger partial charge in [-0.2, -0.15) is 0 Å². The van der Waals surface area contributed by atoms with Crippen LogP contribution in [0.3, 0.4) is 0 Å². The summed E-state index contributed by atoms with van der Waals surface area (Å²) in [5.74, 6) is -22.8. The number of phenolic OH excluding ortho intramolecular Hbond substituents is 2. The van der Waals surface area contributed by atoms with E-state index in [-0.39, 0.29) is 114 Å². The Hall–Kier alpha value is -13.6. The average molecular weight is 2000 g/mol. The van der Waals surface area contributed by atoms with Crippen molar-refractivity contribution in [1.82, 2.24) is 95.8 Å². The number of benzene rings is 2. The number of aromatic hydroxyl groups is 2. The smallest absolute Gasteiger partial charge is 0.328 e. The zero-order valence-corrected chi connectivity index (χ0v) is 80.1.